The summed E-state index contributed by atoms with van der Waals surface area (Å²) in [5.74, 6) is 0.299. The largest absolute Gasteiger partial charge is 0.493 e. The third-order valence-electron chi connectivity index (χ3n) is 6.50. The van der Waals surface area contributed by atoms with Gasteiger partial charge in [-0.05, 0) is 109 Å². The fourth-order valence-corrected chi connectivity index (χ4v) is 6.20. The lowest BCUT2D eigenvalue weighted by atomic mass is 10.00. The maximum atomic E-state index is 13.1. The maximum Gasteiger partial charge on any atom is 0.294 e. The topological polar surface area (TPSA) is 76.2 Å². The molecule has 5 rings (SSSR count). The van der Waals surface area contributed by atoms with Gasteiger partial charge in [0.1, 0.15) is 13.2 Å². The van der Waals surface area contributed by atoms with E-state index in [2.05, 4.69) is 44.6 Å². The molecule has 1 saturated heterocycles. The highest BCUT2D eigenvalue weighted by Crippen LogP contribution is 2.39. The molecular formula is C29H24BrIN2O5S. The Bertz CT molecular complexity index is 1480. The number of hydrogen-bond donors (Lipinski definition) is 0. The van der Waals surface area contributed by atoms with Crippen LogP contribution in [0.25, 0.3) is 6.08 Å². The molecule has 3 amide bonds. The van der Waals surface area contributed by atoms with Gasteiger partial charge in [0.2, 0.25) is 5.91 Å². The van der Waals surface area contributed by atoms with E-state index < -0.39 is 11.1 Å². The molecule has 0 radical (unpaired) electrons. The number of rotatable bonds is 7. The van der Waals surface area contributed by atoms with Gasteiger partial charge in [-0.3, -0.25) is 19.3 Å². The van der Waals surface area contributed by atoms with E-state index in [1.807, 2.05) is 42.5 Å². The first-order chi connectivity index (χ1) is 18.8. The first-order valence-corrected chi connectivity index (χ1v) is 14.9. The Labute approximate surface area is 252 Å². The number of carbonyl (C=O) groups is 3. The van der Waals surface area contributed by atoms with Crippen LogP contribution in [0, 0.1) is 3.57 Å². The van der Waals surface area contributed by atoms with Gasteiger partial charge in [-0.15, -0.1) is 0 Å². The Hall–Kier alpha value is -2.83. The highest BCUT2D eigenvalue weighted by molar-refractivity contribution is 14.1. The average molecular weight is 719 g/mol. The van der Waals surface area contributed by atoms with E-state index in [0.717, 1.165) is 37.8 Å². The van der Waals surface area contributed by atoms with Crippen LogP contribution < -0.4 is 9.47 Å². The van der Waals surface area contributed by atoms with Crippen LogP contribution in [-0.2, 0) is 29.2 Å². The number of carbonyl (C=O) groups excluding carboxylic acids is 3. The van der Waals surface area contributed by atoms with E-state index in [0.29, 0.717) is 41.2 Å². The molecule has 2 aliphatic heterocycles. The fourth-order valence-electron chi connectivity index (χ4n) is 4.43. The minimum atomic E-state index is -0.482. The van der Waals surface area contributed by atoms with Crippen LogP contribution in [0.2, 0.25) is 0 Å². The summed E-state index contributed by atoms with van der Waals surface area (Å²) >= 11 is 6.63. The zero-order valence-electron chi connectivity index (χ0n) is 21.0. The molecule has 7 nitrogen and oxygen atoms in total. The van der Waals surface area contributed by atoms with E-state index in [4.69, 9.17) is 9.47 Å². The van der Waals surface area contributed by atoms with Crippen LogP contribution in [0.4, 0.5) is 4.79 Å². The summed E-state index contributed by atoms with van der Waals surface area (Å²) in [6.07, 6.45) is 2.38. The van der Waals surface area contributed by atoms with E-state index in [1.165, 1.54) is 5.56 Å². The van der Waals surface area contributed by atoms with Crippen LogP contribution in [0.15, 0.2) is 70.0 Å². The summed E-state index contributed by atoms with van der Waals surface area (Å²) in [4.78, 5) is 41.7. The zero-order valence-corrected chi connectivity index (χ0v) is 25.5. The summed E-state index contributed by atoms with van der Waals surface area (Å²) in [5.41, 5.74) is 4.00. The van der Waals surface area contributed by atoms with Crippen molar-refractivity contribution >= 4 is 73.4 Å². The molecule has 0 spiro atoms. The number of fused-ring (bicyclic) bond motifs is 1. The van der Waals surface area contributed by atoms with Gasteiger partial charge in [0.15, 0.2) is 11.5 Å². The molecule has 0 bridgehead atoms. The fraction of sp³-hybridized carbons (Fsp3) is 0.207. The van der Waals surface area contributed by atoms with Crippen molar-refractivity contribution in [1.29, 1.82) is 0 Å². The van der Waals surface area contributed by atoms with Crippen molar-refractivity contribution in [3.8, 4) is 11.5 Å². The monoisotopic (exact) mass is 718 g/mol. The summed E-state index contributed by atoms with van der Waals surface area (Å²) in [7, 11) is 1.54. The highest BCUT2D eigenvalue weighted by Gasteiger charge is 2.37. The average Bonchev–Trinajstić information content (AvgIpc) is 3.19. The first kappa shape index (κ1) is 27.7. The van der Waals surface area contributed by atoms with Crippen molar-refractivity contribution in [3.05, 3.63) is 95.9 Å². The van der Waals surface area contributed by atoms with Gasteiger partial charge in [-0.2, -0.15) is 0 Å². The number of imide groups is 1. The van der Waals surface area contributed by atoms with Crippen LogP contribution in [0.5, 0.6) is 11.5 Å². The smallest absolute Gasteiger partial charge is 0.294 e. The normalized spacial score (nSPS) is 16.0. The summed E-state index contributed by atoms with van der Waals surface area (Å²) < 4.78 is 13.4. The van der Waals surface area contributed by atoms with E-state index in [-0.39, 0.29) is 17.4 Å². The lowest BCUT2D eigenvalue weighted by Gasteiger charge is -2.29. The molecule has 39 heavy (non-hydrogen) atoms. The molecule has 10 heteroatoms. The molecule has 2 heterocycles. The molecular weight excluding hydrogens is 695 g/mol. The number of thioether (sulfide) groups is 1. The minimum absolute atomic E-state index is 0.243. The zero-order chi connectivity index (χ0) is 27.5. The number of methoxy groups -OCH3 is 1. The van der Waals surface area contributed by atoms with E-state index in [9.17, 15) is 14.4 Å². The number of amides is 3. The van der Waals surface area contributed by atoms with E-state index in [1.54, 1.807) is 30.2 Å². The molecule has 0 aromatic heterocycles. The lowest BCUT2D eigenvalue weighted by molar-refractivity contribution is -0.136. The summed E-state index contributed by atoms with van der Waals surface area (Å²) in [5, 5.41) is -0.458. The minimum Gasteiger partial charge on any atom is -0.493 e. The molecule has 0 N–H and O–H groups in total. The molecule has 0 unspecified atom stereocenters. The molecule has 1 fully saturated rings. The molecule has 3 aromatic carbocycles. The van der Waals surface area contributed by atoms with Crippen molar-refractivity contribution in [2.45, 2.75) is 19.6 Å². The standard InChI is InChI=1S/C29H24BrIN2O5S/c1-37-24-13-19(12-23(30)27(24)38-17-18-6-8-22(31)9-7-18)14-25-28(35)33(29(36)39-25)16-26(34)32-11-10-20-4-2-3-5-21(20)15-32/h2-9,12-14H,10-11,15-17H2,1H3/b25-14-. The molecule has 0 aliphatic carbocycles. The van der Waals surface area contributed by atoms with Crippen molar-refractivity contribution in [2.75, 3.05) is 20.2 Å². The van der Waals surface area contributed by atoms with Gasteiger partial charge in [-0.1, -0.05) is 36.4 Å². The van der Waals surface area contributed by atoms with Gasteiger partial charge < -0.3 is 14.4 Å². The van der Waals surface area contributed by atoms with Crippen molar-refractivity contribution < 1.29 is 23.9 Å². The first-order valence-electron chi connectivity index (χ1n) is 12.2. The Morgan fingerprint density at radius 2 is 1.85 bits per heavy atom. The number of hydrogen-bond acceptors (Lipinski definition) is 6. The lowest BCUT2D eigenvalue weighted by Crippen LogP contribution is -2.44. The van der Waals surface area contributed by atoms with Crippen LogP contribution in [0.1, 0.15) is 22.3 Å². The second-order valence-electron chi connectivity index (χ2n) is 9.05. The van der Waals surface area contributed by atoms with Crippen molar-refractivity contribution in [2.24, 2.45) is 0 Å². The number of ether oxygens (including phenoxy) is 2. The number of halogens is 2. The van der Waals surface area contributed by atoms with Gasteiger partial charge in [0.05, 0.1) is 16.5 Å². The maximum absolute atomic E-state index is 13.1. The Balaban J connectivity index is 1.27. The number of benzene rings is 3. The van der Waals surface area contributed by atoms with Crippen molar-refractivity contribution in [3.63, 3.8) is 0 Å². The van der Waals surface area contributed by atoms with Crippen LogP contribution >= 0.6 is 50.3 Å². The second-order valence-corrected chi connectivity index (χ2v) is 12.1. The quantitative estimate of drug-likeness (QED) is 0.212. The predicted octanol–water partition coefficient (Wildman–Crippen LogP) is 6.26. The van der Waals surface area contributed by atoms with E-state index >= 15 is 0 Å². The third kappa shape index (κ3) is 6.33. The van der Waals surface area contributed by atoms with Crippen molar-refractivity contribution in [1.82, 2.24) is 9.80 Å². The van der Waals surface area contributed by atoms with Gasteiger partial charge >= 0.3 is 0 Å². The van der Waals surface area contributed by atoms with Crippen LogP contribution in [0.3, 0.4) is 0 Å². The van der Waals surface area contributed by atoms with Gasteiger partial charge in [0, 0.05) is 16.7 Å². The molecule has 2 aliphatic rings. The predicted molar refractivity (Wildman–Crippen MR) is 162 cm³/mol. The molecule has 0 saturated carbocycles. The van der Waals surface area contributed by atoms with Crippen LogP contribution in [-0.4, -0.2) is 47.1 Å². The Morgan fingerprint density at radius 1 is 1.10 bits per heavy atom. The second kappa shape index (κ2) is 12.1. The van der Waals surface area contributed by atoms with Gasteiger partial charge in [0.25, 0.3) is 11.1 Å². The third-order valence-corrected chi connectivity index (χ3v) is 8.71. The van der Waals surface area contributed by atoms with Gasteiger partial charge in [-0.25, -0.2) is 0 Å². The summed E-state index contributed by atoms with van der Waals surface area (Å²) in [6.45, 7) is 1.13. The SMILES string of the molecule is COc1cc(/C=C2\SC(=O)N(CC(=O)N3CCc4ccccc4C3)C2=O)cc(Br)c1OCc1ccc(I)cc1. The molecule has 0 atom stereocenters. The summed E-state index contributed by atoms with van der Waals surface area (Å²) in [6, 6.07) is 19.6. The Morgan fingerprint density at radius 3 is 2.59 bits per heavy atom. The molecule has 200 valence electrons. The number of nitrogens with zero attached hydrogens (tertiary/aromatic N) is 2. The highest BCUT2D eigenvalue weighted by atomic mass is 127. The molecule has 3 aromatic rings. The Kier molecular flexibility index (Phi) is 8.63.